The Morgan fingerprint density at radius 3 is 2.08 bits per heavy atom. The molecule has 0 radical (unpaired) electrons. The maximum absolute atomic E-state index is 8.88. The van der Waals surface area contributed by atoms with E-state index in [1.165, 1.54) is 0 Å². The van der Waals surface area contributed by atoms with Crippen molar-refractivity contribution in [2.75, 3.05) is 6.61 Å². The highest BCUT2D eigenvalue weighted by atomic mass is 35.5. The molecule has 0 rings (SSSR count). The molecule has 0 saturated heterocycles. The highest BCUT2D eigenvalue weighted by molar-refractivity contribution is 7.45. The maximum Gasteiger partial charge on any atom is 0.466 e. The van der Waals surface area contributed by atoms with E-state index in [1.54, 1.807) is 6.08 Å². The molecule has 0 spiro atoms. The SMILES string of the molecule is C=CC(Cl)OCC.O=P(O)(O)O. The molecule has 0 bridgehead atoms. The number of ether oxygens (including phenoxy) is 1. The van der Waals surface area contributed by atoms with Crippen LogP contribution in [-0.2, 0) is 9.30 Å². The lowest BCUT2D eigenvalue weighted by molar-refractivity contribution is 0.150. The number of hydrogen-bond donors (Lipinski definition) is 3. The number of alkyl halides is 1. The molecule has 0 aliphatic heterocycles. The summed E-state index contributed by atoms with van der Waals surface area (Å²) in [6.45, 7) is 5.95. The molecular weight excluding hydrogens is 206 g/mol. The summed E-state index contributed by atoms with van der Waals surface area (Å²) in [7, 11) is -4.64. The molecule has 5 nitrogen and oxygen atoms in total. The lowest BCUT2D eigenvalue weighted by Crippen LogP contribution is -1.98. The van der Waals surface area contributed by atoms with E-state index in [9.17, 15) is 0 Å². The molecule has 0 aliphatic rings. The third-order valence-electron chi connectivity index (χ3n) is 0.511. The fourth-order valence-corrected chi connectivity index (χ4v) is 0.353. The van der Waals surface area contributed by atoms with Crippen molar-refractivity contribution < 1.29 is 24.0 Å². The van der Waals surface area contributed by atoms with Gasteiger partial charge in [-0.05, 0) is 13.0 Å². The average molecular weight is 219 g/mol. The van der Waals surface area contributed by atoms with Crippen molar-refractivity contribution in [1.82, 2.24) is 0 Å². The molecule has 74 valence electrons. The summed E-state index contributed by atoms with van der Waals surface area (Å²) < 4.78 is 13.7. The summed E-state index contributed by atoms with van der Waals surface area (Å²) in [5.74, 6) is 0. The van der Waals surface area contributed by atoms with E-state index in [1.807, 2.05) is 6.92 Å². The molecule has 0 saturated carbocycles. The second-order valence-electron chi connectivity index (χ2n) is 1.56. The Balaban J connectivity index is 0. The highest BCUT2D eigenvalue weighted by Crippen LogP contribution is 2.25. The van der Waals surface area contributed by atoms with Gasteiger partial charge in [0.1, 0.15) is 5.56 Å². The summed E-state index contributed by atoms with van der Waals surface area (Å²) in [5.41, 5.74) is -0.315. The summed E-state index contributed by atoms with van der Waals surface area (Å²) in [6.07, 6.45) is 1.55. The number of halogens is 1. The van der Waals surface area contributed by atoms with Gasteiger partial charge >= 0.3 is 7.82 Å². The van der Waals surface area contributed by atoms with Gasteiger partial charge in [-0.15, -0.1) is 0 Å². The van der Waals surface area contributed by atoms with Crippen molar-refractivity contribution in [3.8, 4) is 0 Å². The zero-order chi connectivity index (χ0) is 10.2. The minimum atomic E-state index is -4.64. The van der Waals surface area contributed by atoms with E-state index in [2.05, 4.69) is 6.58 Å². The lowest BCUT2D eigenvalue weighted by Gasteiger charge is -1.99. The third-order valence-corrected chi connectivity index (χ3v) is 0.815. The number of phosphoric acid groups is 1. The van der Waals surface area contributed by atoms with Gasteiger partial charge < -0.3 is 19.4 Å². The van der Waals surface area contributed by atoms with Gasteiger partial charge in [-0.3, -0.25) is 0 Å². The van der Waals surface area contributed by atoms with Crippen LogP contribution in [0, 0.1) is 0 Å². The van der Waals surface area contributed by atoms with Crippen LogP contribution in [0.3, 0.4) is 0 Å². The van der Waals surface area contributed by atoms with Crippen LogP contribution in [0.5, 0.6) is 0 Å². The first kappa shape index (κ1) is 14.6. The van der Waals surface area contributed by atoms with E-state index >= 15 is 0 Å². The largest absolute Gasteiger partial charge is 0.466 e. The van der Waals surface area contributed by atoms with Gasteiger partial charge in [0.25, 0.3) is 0 Å². The highest BCUT2D eigenvalue weighted by Gasteiger charge is 2.00. The average Bonchev–Trinajstić information content (AvgIpc) is 1.85. The zero-order valence-corrected chi connectivity index (χ0v) is 8.20. The Morgan fingerprint density at radius 1 is 1.67 bits per heavy atom. The third kappa shape index (κ3) is 32.2. The molecule has 7 heteroatoms. The van der Waals surface area contributed by atoms with Gasteiger partial charge in [0.15, 0.2) is 0 Å². The van der Waals surface area contributed by atoms with Crippen LogP contribution in [0.4, 0.5) is 0 Å². The molecule has 3 N–H and O–H groups in total. The first-order valence-corrected chi connectivity index (χ1v) is 4.98. The van der Waals surface area contributed by atoms with Gasteiger partial charge in [-0.2, -0.15) is 0 Å². The lowest BCUT2D eigenvalue weighted by atomic mass is 10.7. The van der Waals surface area contributed by atoms with E-state index in [4.69, 9.17) is 35.6 Å². The Morgan fingerprint density at radius 2 is 2.00 bits per heavy atom. The van der Waals surface area contributed by atoms with E-state index in [0.717, 1.165) is 0 Å². The minimum absolute atomic E-state index is 0.315. The topological polar surface area (TPSA) is 87.0 Å². The minimum Gasteiger partial charge on any atom is -0.359 e. The normalized spacial score (nSPS) is 12.8. The van der Waals surface area contributed by atoms with Crippen molar-refractivity contribution >= 4 is 19.4 Å². The Labute approximate surface area is 75.9 Å². The van der Waals surface area contributed by atoms with Crippen molar-refractivity contribution in [1.29, 1.82) is 0 Å². The molecule has 0 fully saturated rings. The van der Waals surface area contributed by atoms with E-state index in [-0.39, 0.29) is 5.56 Å². The smallest absolute Gasteiger partial charge is 0.359 e. The van der Waals surface area contributed by atoms with Gasteiger partial charge in [-0.1, -0.05) is 18.2 Å². The zero-order valence-electron chi connectivity index (χ0n) is 6.55. The van der Waals surface area contributed by atoms with Gasteiger partial charge in [-0.25, -0.2) is 4.57 Å². The first-order chi connectivity index (χ1) is 5.31. The predicted octanol–water partition coefficient (Wildman–Crippen LogP) is 0.845. The van der Waals surface area contributed by atoms with Crippen molar-refractivity contribution in [2.45, 2.75) is 12.5 Å². The molecule has 1 atom stereocenters. The molecule has 12 heavy (non-hydrogen) atoms. The van der Waals surface area contributed by atoms with Crippen LogP contribution < -0.4 is 0 Å². The molecule has 0 aromatic heterocycles. The number of rotatable bonds is 3. The summed E-state index contributed by atoms with van der Waals surface area (Å²) >= 11 is 5.43. The van der Waals surface area contributed by atoms with Gasteiger partial charge in [0, 0.05) is 6.61 Å². The second kappa shape index (κ2) is 7.73. The van der Waals surface area contributed by atoms with Crippen LogP contribution in [0.25, 0.3) is 0 Å². The van der Waals surface area contributed by atoms with Crippen LogP contribution in [-0.4, -0.2) is 26.9 Å². The van der Waals surface area contributed by atoms with Crippen LogP contribution >= 0.6 is 19.4 Å². The second-order valence-corrected chi connectivity index (χ2v) is 3.01. The summed E-state index contributed by atoms with van der Waals surface area (Å²) in [6, 6.07) is 0. The molecule has 0 aromatic carbocycles. The number of hydrogen-bond acceptors (Lipinski definition) is 2. The van der Waals surface area contributed by atoms with Crippen LogP contribution in [0.1, 0.15) is 6.92 Å². The summed E-state index contributed by atoms with van der Waals surface area (Å²) in [4.78, 5) is 21.6. The van der Waals surface area contributed by atoms with Crippen LogP contribution in [0.2, 0.25) is 0 Å². The van der Waals surface area contributed by atoms with Gasteiger partial charge in [0.2, 0.25) is 0 Å². The standard InChI is InChI=1S/C5H9ClO.H3O4P/c1-3-5(6)7-4-2;1-5(2,3)4/h3,5H,1,4H2,2H3;(H3,1,2,3,4). The maximum atomic E-state index is 8.88. The van der Waals surface area contributed by atoms with Crippen LogP contribution in [0.15, 0.2) is 12.7 Å². The van der Waals surface area contributed by atoms with Crippen molar-refractivity contribution in [2.24, 2.45) is 0 Å². The molecule has 0 aliphatic carbocycles. The fourth-order valence-electron chi connectivity index (χ4n) is 0.227. The monoisotopic (exact) mass is 218 g/mol. The Kier molecular flexibility index (Phi) is 9.42. The van der Waals surface area contributed by atoms with Gasteiger partial charge in [0.05, 0.1) is 0 Å². The van der Waals surface area contributed by atoms with Crippen molar-refractivity contribution in [3.05, 3.63) is 12.7 Å². The molecule has 0 heterocycles. The Hall–Kier alpha value is 0.1000. The molecule has 1 unspecified atom stereocenters. The van der Waals surface area contributed by atoms with E-state index in [0.29, 0.717) is 6.61 Å². The summed E-state index contributed by atoms with van der Waals surface area (Å²) in [5, 5.41) is 0. The van der Waals surface area contributed by atoms with Crippen molar-refractivity contribution in [3.63, 3.8) is 0 Å². The molecular formula is C5H12ClO5P. The molecule has 0 amide bonds. The molecule has 0 aromatic rings. The van der Waals surface area contributed by atoms with E-state index < -0.39 is 7.82 Å². The quantitative estimate of drug-likeness (QED) is 0.371. The first-order valence-electron chi connectivity index (χ1n) is 2.97. The fraction of sp³-hybridized carbons (Fsp3) is 0.600. The predicted molar refractivity (Wildman–Crippen MR) is 45.7 cm³/mol. The Bertz CT molecular complexity index is 148.